The molecule has 0 saturated carbocycles. The van der Waals surface area contributed by atoms with Gasteiger partial charge >= 0.3 is 0 Å². The predicted molar refractivity (Wildman–Crippen MR) is 80.6 cm³/mol. The highest BCUT2D eigenvalue weighted by Gasteiger charge is 2.22. The Hall–Kier alpha value is -0.733. The van der Waals surface area contributed by atoms with Gasteiger partial charge in [-0.05, 0) is 62.2 Å². The summed E-state index contributed by atoms with van der Waals surface area (Å²) in [5.74, 6) is 1.83. The number of rotatable bonds is 3. The third kappa shape index (κ3) is 3.89. The molecule has 1 unspecified atom stereocenters. The molecule has 98 valence electrons. The molecule has 0 amide bonds. The molecule has 1 aromatic rings. The van der Waals surface area contributed by atoms with E-state index in [2.05, 4.69) is 37.8 Å². The molecular formula is C15H21ClOSi. The van der Waals surface area contributed by atoms with Crippen LogP contribution in [0.25, 0.3) is 0 Å². The van der Waals surface area contributed by atoms with Gasteiger partial charge in [0.15, 0.2) is 0 Å². The van der Waals surface area contributed by atoms with Crippen LogP contribution in [0, 0.1) is 0 Å². The molecule has 0 radical (unpaired) electrons. The summed E-state index contributed by atoms with van der Waals surface area (Å²) in [4.78, 5) is 0. The molecule has 0 heterocycles. The maximum Gasteiger partial charge on any atom is 0.241 e. The van der Waals surface area contributed by atoms with Gasteiger partial charge in [0, 0.05) is 11.4 Å². The second kappa shape index (κ2) is 5.50. The van der Waals surface area contributed by atoms with Crippen LogP contribution in [0.2, 0.25) is 24.7 Å². The molecule has 1 atom stereocenters. The molecule has 3 heteroatoms. The van der Waals surface area contributed by atoms with Crippen LogP contribution in [0.1, 0.15) is 30.7 Å². The van der Waals surface area contributed by atoms with Crippen LogP contribution in [0.4, 0.5) is 0 Å². The highest BCUT2D eigenvalue weighted by molar-refractivity contribution is 6.70. The maximum absolute atomic E-state index is 6.06. The van der Waals surface area contributed by atoms with Crippen molar-refractivity contribution in [1.82, 2.24) is 0 Å². The zero-order chi connectivity index (χ0) is 13.2. The fraction of sp³-hybridized carbons (Fsp3) is 0.467. The monoisotopic (exact) mass is 280 g/mol. The van der Waals surface area contributed by atoms with Gasteiger partial charge in [-0.15, -0.1) is 0 Å². The van der Waals surface area contributed by atoms with Gasteiger partial charge in [0.2, 0.25) is 8.32 Å². The molecule has 1 nitrogen and oxygen atoms in total. The highest BCUT2D eigenvalue weighted by atomic mass is 35.5. The number of hydrogen-bond donors (Lipinski definition) is 0. The van der Waals surface area contributed by atoms with Crippen molar-refractivity contribution in [3.63, 3.8) is 0 Å². The van der Waals surface area contributed by atoms with Crippen LogP contribution in [0.5, 0.6) is 0 Å². The van der Waals surface area contributed by atoms with E-state index in [1.807, 2.05) is 12.1 Å². The molecule has 0 aliphatic heterocycles. The van der Waals surface area contributed by atoms with Crippen molar-refractivity contribution in [1.29, 1.82) is 0 Å². The number of benzene rings is 1. The lowest BCUT2D eigenvalue weighted by Crippen LogP contribution is -2.25. The van der Waals surface area contributed by atoms with Crippen molar-refractivity contribution in [2.24, 2.45) is 0 Å². The van der Waals surface area contributed by atoms with Crippen LogP contribution in [0.15, 0.2) is 36.1 Å². The second-order valence-electron chi connectivity index (χ2n) is 5.91. The summed E-state index contributed by atoms with van der Waals surface area (Å²) >= 11 is 5.92. The van der Waals surface area contributed by atoms with Gasteiger partial charge < -0.3 is 4.43 Å². The lowest BCUT2D eigenvalue weighted by atomic mass is 9.87. The number of allylic oxidation sites excluding steroid dienone is 2. The number of halogens is 1. The molecule has 18 heavy (non-hydrogen) atoms. The van der Waals surface area contributed by atoms with Crippen LogP contribution in [-0.4, -0.2) is 8.32 Å². The van der Waals surface area contributed by atoms with Crippen molar-refractivity contribution in [3.8, 4) is 0 Å². The molecule has 0 bridgehead atoms. The van der Waals surface area contributed by atoms with Gasteiger partial charge in [-0.3, -0.25) is 0 Å². The first-order chi connectivity index (χ1) is 8.44. The fourth-order valence-electron chi connectivity index (χ4n) is 2.33. The average molecular weight is 281 g/mol. The summed E-state index contributed by atoms with van der Waals surface area (Å²) in [6.07, 6.45) is 5.61. The third-order valence-corrected chi connectivity index (χ3v) is 4.27. The van der Waals surface area contributed by atoms with Gasteiger partial charge in [-0.25, -0.2) is 0 Å². The molecule has 0 aromatic heterocycles. The minimum absolute atomic E-state index is 0.622. The first-order valence-corrected chi connectivity index (χ1v) is 10.4. The Labute approximate surface area is 116 Å². The first-order valence-electron chi connectivity index (χ1n) is 6.57. The Morgan fingerprint density at radius 2 is 1.83 bits per heavy atom. The van der Waals surface area contributed by atoms with Gasteiger partial charge in [0.05, 0.1) is 5.76 Å². The van der Waals surface area contributed by atoms with Crippen molar-refractivity contribution in [2.45, 2.75) is 44.8 Å². The Morgan fingerprint density at radius 1 is 1.17 bits per heavy atom. The van der Waals surface area contributed by atoms with E-state index in [-0.39, 0.29) is 0 Å². The standard InChI is InChI=1S/C15H21ClOSi/c1-18(2,3)17-15-10-6-13(7-11-15)12-4-8-14(16)9-5-12/h4-5,8-10,13H,6-7,11H2,1-3H3. The predicted octanol–water partition coefficient (Wildman–Crippen LogP) is 5.34. The van der Waals surface area contributed by atoms with Crippen LogP contribution < -0.4 is 0 Å². The average Bonchev–Trinajstić information content (AvgIpc) is 2.29. The van der Waals surface area contributed by atoms with E-state index in [1.54, 1.807) is 0 Å². The van der Waals surface area contributed by atoms with Crippen molar-refractivity contribution in [2.75, 3.05) is 0 Å². The molecule has 1 aromatic carbocycles. The van der Waals surface area contributed by atoms with Crippen molar-refractivity contribution >= 4 is 19.9 Å². The normalized spacial score (nSPS) is 20.4. The zero-order valence-corrected chi connectivity index (χ0v) is 13.1. The minimum atomic E-state index is -1.44. The van der Waals surface area contributed by atoms with Gasteiger partial charge in [0.1, 0.15) is 0 Å². The summed E-state index contributed by atoms with van der Waals surface area (Å²) in [5, 5.41) is 0.813. The van der Waals surface area contributed by atoms with E-state index in [1.165, 1.54) is 17.7 Å². The van der Waals surface area contributed by atoms with Gasteiger partial charge in [-0.1, -0.05) is 23.7 Å². The summed E-state index contributed by atoms with van der Waals surface area (Å²) in [7, 11) is -1.44. The molecular weight excluding hydrogens is 260 g/mol. The van der Waals surface area contributed by atoms with E-state index in [0.717, 1.165) is 17.9 Å². The van der Waals surface area contributed by atoms with Crippen LogP contribution in [-0.2, 0) is 4.43 Å². The molecule has 2 rings (SSSR count). The zero-order valence-electron chi connectivity index (χ0n) is 11.4. The topological polar surface area (TPSA) is 9.23 Å². The Balaban J connectivity index is 1.99. The van der Waals surface area contributed by atoms with Gasteiger partial charge in [0.25, 0.3) is 0 Å². The van der Waals surface area contributed by atoms with Crippen molar-refractivity contribution < 1.29 is 4.43 Å². The van der Waals surface area contributed by atoms with E-state index in [9.17, 15) is 0 Å². The Kier molecular flexibility index (Phi) is 4.18. The minimum Gasteiger partial charge on any atom is -0.548 e. The smallest absolute Gasteiger partial charge is 0.241 e. The van der Waals surface area contributed by atoms with E-state index in [0.29, 0.717) is 5.92 Å². The highest BCUT2D eigenvalue weighted by Crippen LogP contribution is 2.33. The van der Waals surface area contributed by atoms with E-state index in [4.69, 9.17) is 16.0 Å². The van der Waals surface area contributed by atoms with Gasteiger partial charge in [-0.2, -0.15) is 0 Å². The molecule has 0 fully saturated rings. The SMILES string of the molecule is C[Si](C)(C)OC1=CCC(c2ccc(Cl)cc2)CC1. The van der Waals surface area contributed by atoms with Crippen molar-refractivity contribution in [3.05, 3.63) is 46.7 Å². The Bertz CT molecular complexity index is 431. The summed E-state index contributed by atoms with van der Waals surface area (Å²) in [6.45, 7) is 6.71. The molecule has 0 spiro atoms. The lowest BCUT2D eigenvalue weighted by Gasteiger charge is -2.27. The van der Waals surface area contributed by atoms with Crippen LogP contribution in [0.3, 0.4) is 0 Å². The summed E-state index contributed by atoms with van der Waals surface area (Å²) in [5.41, 5.74) is 1.39. The molecule has 0 saturated heterocycles. The molecule has 0 N–H and O–H groups in total. The first kappa shape index (κ1) is 13.7. The largest absolute Gasteiger partial charge is 0.548 e. The second-order valence-corrected chi connectivity index (χ2v) is 10.8. The summed E-state index contributed by atoms with van der Waals surface area (Å²) < 4.78 is 6.06. The lowest BCUT2D eigenvalue weighted by molar-refractivity contribution is 0.370. The molecule has 1 aliphatic rings. The maximum atomic E-state index is 6.06. The number of hydrogen-bond acceptors (Lipinski definition) is 1. The summed E-state index contributed by atoms with van der Waals surface area (Å²) in [6, 6.07) is 8.25. The van der Waals surface area contributed by atoms with E-state index >= 15 is 0 Å². The van der Waals surface area contributed by atoms with E-state index < -0.39 is 8.32 Å². The quantitative estimate of drug-likeness (QED) is 0.679. The third-order valence-electron chi connectivity index (χ3n) is 3.15. The fourth-order valence-corrected chi connectivity index (χ4v) is 3.43. The Morgan fingerprint density at radius 3 is 2.33 bits per heavy atom. The van der Waals surface area contributed by atoms with Crippen LogP contribution >= 0.6 is 11.6 Å². The molecule has 1 aliphatic carbocycles.